The van der Waals surface area contributed by atoms with Gasteiger partial charge in [-0.05, 0) is 38.4 Å². The van der Waals surface area contributed by atoms with E-state index in [1.807, 2.05) is 19.0 Å². The van der Waals surface area contributed by atoms with Gasteiger partial charge in [-0.2, -0.15) is 0 Å². The summed E-state index contributed by atoms with van der Waals surface area (Å²) in [6, 6.07) is 4.74. The van der Waals surface area contributed by atoms with Gasteiger partial charge in [-0.3, -0.25) is 0 Å². The number of hydrogen-bond acceptors (Lipinski definition) is 5. The molecule has 0 saturated carbocycles. The van der Waals surface area contributed by atoms with Crippen molar-refractivity contribution < 1.29 is 16.8 Å². The number of nitrogens with zero attached hydrogens (tertiary/aromatic N) is 1. The van der Waals surface area contributed by atoms with E-state index in [9.17, 15) is 16.8 Å². The molecule has 0 fully saturated rings. The second-order valence-corrected chi connectivity index (χ2v) is 7.55. The minimum absolute atomic E-state index is 0.00124. The third-order valence-corrected chi connectivity index (χ3v) is 4.72. The Balaban J connectivity index is 2.85. The van der Waals surface area contributed by atoms with Crippen molar-refractivity contribution in [2.75, 3.05) is 27.2 Å². The first-order valence-electron chi connectivity index (χ1n) is 5.40. The van der Waals surface area contributed by atoms with Crippen molar-refractivity contribution in [1.29, 1.82) is 0 Å². The topological polar surface area (TPSA) is 110 Å². The van der Waals surface area contributed by atoms with Crippen molar-refractivity contribution in [2.24, 2.45) is 5.14 Å². The van der Waals surface area contributed by atoms with Crippen LogP contribution < -0.4 is 9.86 Å². The minimum atomic E-state index is -3.82. The highest BCUT2D eigenvalue weighted by molar-refractivity contribution is 7.89. The lowest BCUT2D eigenvalue weighted by molar-refractivity contribution is 0.412. The Hall–Kier alpha value is -1.00. The molecule has 3 N–H and O–H groups in total. The predicted molar refractivity (Wildman–Crippen MR) is 71.6 cm³/mol. The summed E-state index contributed by atoms with van der Waals surface area (Å²) < 4.78 is 48.2. The number of sulfonamides is 2. The van der Waals surface area contributed by atoms with Crippen molar-refractivity contribution >= 4 is 20.0 Å². The molecule has 0 spiro atoms. The van der Waals surface area contributed by atoms with Crippen molar-refractivity contribution in [1.82, 2.24) is 9.62 Å². The van der Waals surface area contributed by atoms with E-state index in [2.05, 4.69) is 4.72 Å². The molecule has 0 atom stereocenters. The molecule has 19 heavy (non-hydrogen) atoms. The molecular formula is C10H17N3O4S2. The highest BCUT2D eigenvalue weighted by atomic mass is 32.2. The zero-order chi connectivity index (χ0) is 14.7. The van der Waals surface area contributed by atoms with Crippen molar-refractivity contribution in [2.45, 2.75) is 9.79 Å². The molecule has 0 aliphatic carbocycles. The molecule has 0 heterocycles. The number of nitrogens with one attached hydrogen (secondary N) is 1. The van der Waals surface area contributed by atoms with E-state index in [-0.39, 0.29) is 16.3 Å². The first kappa shape index (κ1) is 16.1. The predicted octanol–water partition coefficient (Wildman–Crippen LogP) is -0.826. The van der Waals surface area contributed by atoms with Crippen LogP contribution in [0.2, 0.25) is 0 Å². The smallest absolute Gasteiger partial charge is 0.240 e. The summed E-state index contributed by atoms with van der Waals surface area (Å²) in [7, 11) is -3.79. The number of likely N-dealkylation sites (N-methyl/N-ethyl adjacent to an activating group) is 1. The summed E-state index contributed by atoms with van der Waals surface area (Å²) >= 11 is 0. The normalized spacial score (nSPS) is 12.8. The lowest BCUT2D eigenvalue weighted by Crippen LogP contribution is -2.31. The maximum absolute atomic E-state index is 11.9. The van der Waals surface area contributed by atoms with E-state index < -0.39 is 20.0 Å². The number of primary sulfonamides is 1. The molecule has 0 aromatic heterocycles. The molecule has 0 unspecified atom stereocenters. The first-order chi connectivity index (χ1) is 8.63. The maximum Gasteiger partial charge on any atom is 0.240 e. The van der Waals surface area contributed by atoms with Crippen LogP contribution >= 0.6 is 0 Å². The van der Waals surface area contributed by atoms with Crippen LogP contribution in [0.1, 0.15) is 0 Å². The van der Waals surface area contributed by atoms with Gasteiger partial charge in [0.15, 0.2) is 0 Å². The number of benzene rings is 1. The summed E-state index contributed by atoms with van der Waals surface area (Å²) in [4.78, 5) is 1.71. The summed E-state index contributed by atoms with van der Waals surface area (Å²) in [6.07, 6.45) is 0. The van der Waals surface area contributed by atoms with Crippen molar-refractivity contribution in [3.63, 3.8) is 0 Å². The van der Waals surface area contributed by atoms with Crippen LogP contribution in [0, 0.1) is 0 Å². The van der Waals surface area contributed by atoms with Crippen LogP contribution in [0.4, 0.5) is 0 Å². The van der Waals surface area contributed by atoms with E-state index in [0.29, 0.717) is 6.54 Å². The number of nitrogens with two attached hydrogens (primary N) is 1. The monoisotopic (exact) mass is 307 g/mol. The summed E-state index contributed by atoms with van der Waals surface area (Å²) in [5.74, 6) is 0. The zero-order valence-electron chi connectivity index (χ0n) is 10.7. The standard InChI is InChI=1S/C10H17N3O4S2/c1-13(2)8-7-12-19(16,17)10-5-3-9(4-6-10)18(11,14)15/h3-6,12H,7-8H2,1-2H3,(H2,11,14,15). The molecule has 1 aromatic rings. The number of rotatable bonds is 6. The molecule has 108 valence electrons. The Morgan fingerprint density at radius 2 is 1.53 bits per heavy atom. The van der Waals surface area contributed by atoms with E-state index in [1.165, 1.54) is 12.1 Å². The fourth-order valence-electron chi connectivity index (χ4n) is 1.30. The van der Waals surface area contributed by atoms with Gasteiger partial charge in [-0.1, -0.05) is 0 Å². The van der Waals surface area contributed by atoms with Crippen LogP contribution in [0.3, 0.4) is 0 Å². The zero-order valence-corrected chi connectivity index (χ0v) is 12.3. The van der Waals surface area contributed by atoms with Gasteiger partial charge in [0.05, 0.1) is 9.79 Å². The largest absolute Gasteiger partial charge is 0.308 e. The van der Waals surface area contributed by atoms with Crippen LogP contribution in [-0.2, 0) is 20.0 Å². The second kappa shape index (κ2) is 5.97. The van der Waals surface area contributed by atoms with Crippen molar-refractivity contribution in [3.05, 3.63) is 24.3 Å². The first-order valence-corrected chi connectivity index (χ1v) is 8.43. The summed E-state index contributed by atoms with van der Waals surface area (Å²) in [5, 5.41) is 4.93. The molecule has 0 aliphatic heterocycles. The molecule has 7 nitrogen and oxygen atoms in total. The molecular weight excluding hydrogens is 290 g/mol. The van der Waals surface area contributed by atoms with Gasteiger partial charge in [0, 0.05) is 13.1 Å². The fourth-order valence-corrected chi connectivity index (χ4v) is 2.83. The molecule has 0 bridgehead atoms. The molecule has 1 aromatic carbocycles. The summed E-state index contributed by atoms with van der Waals surface area (Å²) in [6.45, 7) is 0.834. The maximum atomic E-state index is 11.9. The lowest BCUT2D eigenvalue weighted by atomic mass is 10.4. The van der Waals surface area contributed by atoms with Crippen LogP contribution in [0.25, 0.3) is 0 Å². The number of hydrogen-bond donors (Lipinski definition) is 2. The van der Waals surface area contributed by atoms with E-state index in [4.69, 9.17) is 5.14 Å². The van der Waals surface area contributed by atoms with Crippen molar-refractivity contribution in [3.8, 4) is 0 Å². The Morgan fingerprint density at radius 3 is 1.95 bits per heavy atom. The molecule has 9 heteroatoms. The van der Waals surface area contributed by atoms with Gasteiger partial charge in [0.25, 0.3) is 0 Å². The van der Waals surface area contributed by atoms with E-state index >= 15 is 0 Å². The third-order valence-electron chi connectivity index (χ3n) is 2.31. The molecule has 1 rings (SSSR count). The quantitative estimate of drug-likeness (QED) is 0.713. The van der Waals surface area contributed by atoms with Crippen LogP contribution in [0.5, 0.6) is 0 Å². The van der Waals surface area contributed by atoms with Crippen LogP contribution in [-0.4, -0.2) is 48.9 Å². The lowest BCUT2D eigenvalue weighted by Gasteiger charge is -2.11. The Labute approximate surface area is 113 Å². The van der Waals surface area contributed by atoms with Crippen LogP contribution in [0.15, 0.2) is 34.1 Å². The second-order valence-electron chi connectivity index (χ2n) is 4.22. The highest BCUT2D eigenvalue weighted by Crippen LogP contribution is 2.12. The fraction of sp³-hybridized carbons (Fsp3) is 0.400. The SMILES string of the molecule is CN(C)CCNS(=O)(=O)c1ccc(S(N)(=O)=O)cc1. The van der Waals surface area contributed by atoms with Gasteiger partial charge in [-0.25, -0.2) is 26.7 Å². The van der Waals surface area contributed by atoms with Gasteiger partial charge in [-0.15, -0.1) is 0 Å². The van der Waals surface area contributed by atoms with Gasteiger partial charge in [0.1, 0.15) is 0 Å². The molecule has 0 radical (unpaired) electrons. The van der Waals surface area contributed by atoms with Gasteiger partial charge >= 0.3 is 0 Å². The van der Waals surface area contributed by atoms with E-state index in [0.717, 1.165) is 12.1 Å². The summed E-state index contributed by atoms with van der Waals surface area (Å²) in [5.41, 5.74) is 0. The Kier molecular flexibility index (Phi) is 5.04. The van der Waals surface area contributed by atoms with Gasteiger partial charge in [0.2, 0.25) is 20.0 Å². The minimum Gasteiger partial charge on any atom is -0.308 e. The highest BCUT2D eigenvalue weighted by Gasteiger charge is 2.15. The molecule has 0 amide bonds. The molecule has 0 saturated heterocycles. The third kappa shape index (κ3) is 4.88. The molecule has 0 aliphatic rings. The Bertz CT molecular complexity index is 621. The average molecular weight is 307 g/mol. The van der Waals surface area contributed by atoms with Gasteiger partial charge < -0.3 is 4.90 Å². The van der Waals surface area contributed by atoms with E-state index in [1.54, 1.807) is 0 Å². The Morgan fingerprint density at radius 1 is 1.05 bits per heavy atom. The average Bonchev–Trinajstić information content (AvgIpc) is 2.27.